The second-order valence-electron chi connectivity index (χ2n) is 2.66. The summed E-state index contributed by atoms with van der Waals surface area (Å²) in [5.41, 5.74) is 0. The molecule has 1 atom stereocenters. The van der Waals surface area contributed by atoms with E-state index in [1.54, 1.807) is 0 Å². The zero-order chi connectivity index (χ0) is 11.6. The lowest BCUT2D eigenvalue weighted by atomic mass is 10.0. The van der Waals surface area contributed by atoms with Crippen LogP contribution < -0.4 is 0 Å². The van der Waals surface area contributed by atoms with Crippen LogP contribution in [0, 0.1) is 6.92 Å². The number of rotatable bonds is 5. The number of hydrogen-bond donors (Lipinski definition) is 0. The molecule has 0 aromatic rings. The van der Waals surface area contributed by atoms with E-state index in [4.69, 9.17) is 0 Å². The van der Waals surface area contributed by atoms with Gasteiger partial charge in [0.1, 0.15) is 0 Å². The molecule has 0 unspecified atom stereocenters. The Morgan fingerprint density at radius 3 is 1.64 bits per heavy atom. The van der Waals surface area contributed by atoms with Gasteiger partial charge in [0.15, 0.2) is 6.17 Å². The third kappa shape index (κ3) is 2.30. The van der Waals surface area contributed by atoms with Crippen LogP contribution >= 0.6 is 0 Å². The topological polar surface area (TPSA) is 0 Å². The molecule has 0 saturated carbocycles. The molecule has 0 spiro atoms. The van der Waals surface area contributed by atoms with Gasteiger partial charge in [-0.2, -0.15) is 17.6 Å². The average Bonchev–Trinajstić information content (AvgIpc) is 2.04. The smallest absolute Gasteiger partial charge is 0.241 e. The van der Waals surface area contributed by atoms with Gasteiger partial charge in [-0.15, -0.1) is 0 Å². The summed E-state index contributed by atoms with van der Waals surface area (Å²) >= 11 is 0. The van der Waals surface area contributed by atoms with Crippen molar-refractivity contribution in [2.24, 2.45) is 0 Å². The molecule has 0 nitrogen and oxygen atoms in total. The fraction of sp³-hybridized carbons (Fsp3) is 0.857. The summed E-state index contributed by atoms with van der Waals surface area (Å²) in [6.45, 7) is 2.96. The van der Waals surface area contributed by atoms with E-state index in [2.05, 4.69) is 6.92 Å². The second-order valence-corrected chi connectivity index (χ2v) is 2.66. The van der Waals surface area contributed by atoms with E-state index in [1.165, 1.54) is 0 Å². The molecule has 0 amide bonds. The largest absolute Gasteiger partial charge is 0.372 e. The maximum atomic E-state index is 12.4. The molecular weight excluding hydrogens is 217 g/mol. The van der Waals surface area contributed by atoms with Gasteiger partial charge in [-0.25, -0.2) is 13.2 Å². The van der Waals surface area contributed by atoms with Crippen LogP contribution in [0.4, 0.5) is 30.7 Å². The molecule has 85 valence electrons. The van der Waals surface area contributed by atoms with E-state index < -0.39 is 30.9 Å². The molecular formula is C7H8F7. The van der Waals surface area contributed by atoms with E-state index in [9.17, 15) is 30.7 Å². The van der Waals surface area contributed by atoms with Gasteiger partial charge in [-0.3, -0.25) is 0 Å². The molecule has 7 heteroatoms. The van der Waals surface area contributed by atoms with Crippen LogP contribution in [0.15, 0.2) is 0 Å². The maximum Gasteiger partial charge on any atom is 0.372 e. The predicted molar refractivity (Wildman–Crippen MR) is 35.4 cm³/mol. The molecule has 0 aliphatic heterocycles. The van der Waals surface area contributed by atoms with Crippen molar-refractivity contribution in [3.63, 3.8) is 0 Å². The lowest BCUT2D eigenvalue weighted by Crippen LogP contribution is -2.52. The van der Waals surface area contributed by atoms with Crippen LogP contribution in [0.25, 0.3) is 0 Å². The average molecular weight is 225 g/mol. The van der Waals surface area contributed by atoms with E-state index in [0.717, 1.165) is 0 Å². The Morgan fingerprint density at radius 1 is 0.929 bits per heavy atom. The van der Waals surface area contributed by atoms with Crippen LogP contribution in [-0.2, 0) is 0 Å². The predicted octanol–water partition coefficient (Wildman–Crippen LogP) is 3.47. The summed E-state index contributed by atoms with van der Waals surface area (Å²) in [6.07, 6.45) is -9.28. The van der Waals surface area contributed by atoms with Gasteiger partial charge < -0.3 is 0 Å². The Bertz CT molecular complexity index is 177. The molecule has 14 heavy (non-hydrogen) atoms. The molecule has 0 bridgehead atoms. The van der Waals surface area contributed by atoms with Crippen LogP contribution in [-0.4, -0.2) is 24.4 Å². The van der Waals surface area contributed by atoms with Crippen molar-refractivity contribution >= 4 is 0 Å². The second kappa shape index (κ2) is 4.35. The number of halogens is 7. The first-order valence-corrected chi connectivity index (χ1v) is 3.65. The Kier molecular flexibility index (Phi) is 4.20. The normalized spacial score (nSPS) is 16.1. The maximum absolute atomic E-state index is 12.4. The first-order valence-electron chi connectivity index (χ1n) is 3.65. The molecule has 0 aliphatic rings. The van der Waals surface area contributed by atoms with Crippen molar-refractivity contribution in [1.82, 2.24) is 0 Å². The van der Waals surface area contributed by atoms with Crippen molar-refractivity contribution in [2.45, 2.75) is 37.3 Å². The van der Waals surface area contributed by atoms with Gasteiger partial charge in [0, 0.05) is 0 Å². The van der Waals surface area contributed by atoms with E-state index >= 15 is 0 Å². The summed E-state index contributed by atoms with van der Waals surface area (Å²) in [5, 5.41) is 0. The Labute approximate surface area is 76.1 Å². The van der Waals surface area contributed by atoms with Crippen molar-refractivity contribution in [2.75, 3.05) is 0 Å². The monoisotopic (exact) mass is 225 g/mol. The van der Waals surface area contributed by atoms with Gasteiger partial charge in [-0.05, 0) is 6.42 Å². The van der Waals surface area contributed by atoms with Crippen LogP contribution in [0.1, 0.15) is 12.8 Å². The number of alkyl halides is 7. The van der Waals surface area contributed by atoms with E-state index in [-0.39, 0.29) is 6.42 Å². The fourth-order valence-electron chi connectivity index (χ4n) is 0.715. The van der Waals surface area contributed by atoms with Gasteiger partial charge in [0.05, 0.1) is 0 Å². The fourth-order valence-corrected chi connectivity index (χ4v) is 0.715. The molecule has 0 N–H and O–H groups in total. The van der Waals surface area contributed by atoms with Gasteiger partial charge in [0.2, 0.25) is 0 Å². The van der Waals surface area contributed by atoms with Crippen molar-refractivity contribution < 1.29 is 30.7 Å². The highest BCUT2D eigenvalue weighted by Gasteiger charge is 2.66. The first-order chi connectivity index (χ1) is 6.17. The third-order valence-corrected chi connectivity index (χ3v) is 1.57. The van der Waals surface area contributed by atoms with E-state index in [1.807, 2.05) is 0 Å². The molecule has 0 heterocycles. The molecule has 1 radical (unpaired) electrons. The highest BCUT2D eigenvalue weighted by Crippen LogP contribution is 2.43. The molecule has 0 aromatic heterocycles. The Hall–Kier alpha value is -0.490. The minimum atomic E-state index is -5.65. The highest BCUT2D eigenvalue weighted by molar-refractivity contribution is 4.92. The zero-order valence-electron chi connectivity index (χ0n) is 6.92. The van der Waals surface area contributed by atoms with Gasteiger partial charge in [-0.1, -0.05) is 13.3 Å². The SMILES string of the molecule is [CH2]CC[C@H](F)C(F)(F)C(F)(F)C(F)F. The molecule has 0 aromatic carbocycles. The van der Waals surface area contributed by atoms with Crippen LogP contribution in [0.3, 0.4) is 0 Å². The molecule has 0 rings (SSSR count). The lowest BCUT2D eigenvalue weighted by Gasteiger charge is -2.28. The first kappa shape index (κ1) is 13.5. The standard InChI is InChI=1S/C7H8F7/c1-2-3-4(8)6(11,12)7(13,14)5(9)10/h4-5H,1-3H2/t4-/m0/s1. The van der Waals surface area contributed by atoms with Crippen molar-refractivity contribution in [3.8, 4) is 0 Å². The summed E-state index contributed by atoms with van der Waals surface area (Å²) in [6, 6.07) is 0. The van der Waals surface area contributed by atoms with Crippen LogP contribution in [0.2, 0.25) is 0 Å². The lowest BCUT2D eigenvalue weighted by molar-refractivity contribution is -0.285. The van der Waals surface area contributed by atoms with E-state index in [0.29, 0.717) is 0 Å². The summed E-state index contributed by atoms with van der Waals surface area (Å²) in [7, 11) is 0. The Morgan fingerprint density at radius 2 is 1.36 bits per heavy atom. The molecule has 0 aliphatic carbocycles. The third-order valence-electron chi connectivity index (χ3n) is 1.57. The quantitative estimate of drug-likeness (QED) is 0.628. The molecule has 0 fully saturated rings. The molecule has 0 saturated heterocycles. The minimum absolute atomic E-state index is 0.379. The van der Waals surface area contributed by atoms with Gasteiger partial charge in [0.25, 0.3) is 0 Å². The summed E-state index contributed by atoms with van der Waals surface area (Å²) in [5.74, 6) is -11.0. The zero-order valence-corrected chi connectivity index (χ0v) is 6.92. The van der Waals surface area contributed by atoms with Crippen molar-refractivity contribution in [3.05, 3.63) is 6.92 Å². The van der Waals surface area contributed by atoms with Crippen molar-refractivity contribution in [1.29, 1.82) is 0 Å². The van der Waals surface area contributed by atoms with Crippen LogP contribution in [0.5, 0.6) is 0 Å². The summed E-state index contributed by atoms with van der Waals surface area (Å²) in [4.78, 5) is 0. The summed E-state index contributed by atoms with van der Waals surface area (Å²) < 4.78 is 84.5. The highest BCUT2D eigenvalue weighted by atomic mass is 19.3. The Balaban J connectivity index is 4.74. The van der Waals surface area contributed by atoms with Gasteiger partial charge >= 0.3 is 18.3 Å². The number of hydrogen-bond acceptors (Lipinski definition) is 0. The minimum Gasteiger partial charge on any atom is -0.241 e.